The monoisotopic (exact) mass is 384 g/mol. The Kier molecular flexibility index (Phi) is 6.09. The number of rotatable bonds is 6. The normalized spacial score (nSPS) is 21.1. The summed E-state index contributed by atoms with van der Waals surface area (Å²) in [5, 5.41) is 9.88. The first-order chi connectivity index (χ1) is 13.5. The van der Waals surface area contributed by atoms with E-state index in [1.54, 1.807) is 24.9 Å². The maximum Gasteiger partial charge on any atom is 0.256 e. The first kappa shape index (κ1) is 20.0. The molecule has 0 unspecified atom stereocenters. The van der Waals surface area contributed by atoms with E-state index in [9.17, 15) is 19.1 Å². The summed E-state index contributed by atoms with van der Waals surface area (Å²) in [6, 6.07) is 14.9. The van der Waals surface area contributed by atoms with Crippen molar-refractivity contribution in [2.24, 2.45) is 0 Å². The summed E-state index contributed by atoms with van der Waals surface area (Å²) in [4.78, 5) is 28.3. The standard InChI is InChI=1S/C22H25FN2O3/c1-3-20(27)25-18(21(19(25)14-26)15-9-5-4-6-10-15)13-24(2)22(28)16-11-7-8-12-17(16)23/h4-12,18-19,21,26H,3,13-14H2,1-2H3/t18-,19+,21-/m1/s1. The molecule has 6 heteroatoms. The molecule has 3 atom stereocenters. The summed E-state index contributed by atoms with van der Waals surface area (Å²) in [6.07, 6.45) is 0.319. The molecular weight excluding hydrogens is 359 g/mol. The molecular formula is C22H25FN2O3. The zero-order valence-electron chi connectivity index (χ0n) is 16.1. The number of nitrogens with zero attached hydrogens (tertiary/aromatic N) is 2. The molecule has 0 saturated carbocycles. The molecule has 2 aromatic carbocycles. The first-order valence-corrected chi connectivity index (χ1v) is 9.46. The van der Waals surface area contributed by atoms with Crippen molar-refractivity contribution in [1.82, 2.24) is 9.80 Å². The third-order valence-electron chi connectivity index (χ3n) is 5.42. The van der Waals surface area contributed by atoms with Crippen LogP contribution in [0.2, 0.25) is 0 Å². The molecule has 0 spiro atoms. The van der Waals surface area contributed by atoms with Crippen LogP contribution in [0.3, 0.4) is 0 Å². The summed E-state index contributed by atoms with van der Waals surface area (Å²) in [5.41, 5.74) is 1.02. The number of hydrogen-bond acceptors (Lipinski definition) is 3. The molecule has 1 heterocycles. The van der Waals surface area contributed by atoms with Gasteiger partial charge in [0.15, 0.2) is 0 Å². The van der Waals surface area contributed by atoms with Crippen molar-refractivity contribution in [2.45, 2.75) is 31.3 Å². The Morgan fingerprint density at radius 1 is 1.07 bits per heavy atom. The van der Waals surface area contributed by atoms with E-state index in [0.29, 0.717) is 6.42 Å². The van der Waals surface area contributed by atoms with Crippen LogP contribution >= 0.6 is 0 Å². The summed E-state index contributed by atoms with van der Waals surface area (Å²) < 4.78 is 14.0. The van der Waals surface area contributed by atoms with Gasteiger partial charge >= 0.3 is 0 Å². The maximum atomic E-state index is 14.0. The second kappa shape index (κ2) is 8.52. The van der Waals surface area contributed by atoms with Crippen LogP contribution in [0.4, 0.5) is 4.39 Å². The second-order valence-corrected chi connectivity index (χ2v) is 7.07. The third kappa shape index (κ3) is 3.64. The van der Waals surface area contributed by atoms with Crippen molar-refractivity contribution >= 4 is 11.8 Å². The number of aliphatic hydroxyl groups excluding tert-OH is 1. The fourth-order valence-electron chi connectivity index (χ4n) is 4.03. The molecule has 0 aliphatic carbocycles. The molecule has 148 valence electrons. The molecule has 0 bridgehead atoms. The Morgan fingerprint density at radius 3 is 2.32 bits per heavy atom. The molecule has 28 heavy (non-hydrogen) atoms. The Balaban J connectivity index is 1.86. The van der Waals surface area contributed by atoms with Crippen molar-refractivity contribution in [3.8, 4) is 0 Å². The van der Waals surface area contributed by atoms with Gasteiger partial charge in [0.1, 0.15) is 5.82 Å². The maximum absolute atomic E-state index is 14.0. The molecule has 5 nitrogen and oxygen atoms in total. The highest BCUT2D eigenvalue weighted by Gasteiger charge is 2.51. The van der Waals surface area contributed by atoms with Gasteiger partial charge in [-0.2, -0.15) is 0 Å². The lowest BCUT2D eigenvalue weighted by Gasteiger charge is -2.55. The molecule has 1 aliphatic rings. The van der Waals surface area contributed by atoms with Crippen LogP contribution in [-0.4, -0.2) is 59.0 Å². The largest absolute Gasteiger partial charge is 0.394 e. The van der Waals surface area contributed by atoms with E-state index in [0.717, 1.165) is 5.56 Å². The van der Waals surface area contributed by atoms with Crippen molar-refractivity contribution in [2.75, 3.05) is 20.2 Å². The Labute approximate surface area is 164 Å². The summed E-state index contributed by atoms with van der Waals surface area (Å²) in [7, 11) is 1.61. The lowest BCUT2D eigenvalue weighted by atomic mass is 9.74. The number of carbonyl (C=O) groups is 2. The van der Waals surface area contributed by atoms with Crippen LogP contribution in [0.25, 0.3) is 0 Å². The van der Waals surface area contributed by atoms with Crippen molar-refractivity contribution in [3.63, 3.8) is 0 Å². The lowest BCUT2D eigenvalue weighted by Crippen LogP contribution is -2.68. The zero-order chi connectivity index (χ0) is 20.3. The van der Waals surface area contributed by atoms with E-state index in [4.69, 9.17) is 0 Å². The fourth-order valence-corrected chi connectivity index (χ4v) is 4.03. The highest BCUT2D eigenvalue weighted by atomic mass is 19.1. The number of likely N-dealkylation sites (N-methyl/N-ethyl adjacent to an activating group) is 1. The molecule has 2 amide bonds. The minimum absolute atomic E-state index is 0.00709. The van der Waals surface area contributed by atoms with Gasteiger partial charge in [-0.1, -0.05) is 49.4 Å². The van der Waals surface area contributed by atoms with Gasteiger partial charge in [-0.15, -0.1) is 0 Å². The highest BCUT2D eigenvalue weighted by Crippen LogP contribution is 2.41. The van der Waals surface area contributed by atoms with Crippen LogP contribution in [0, 0.1) is 5.82 Å². The minimum atomic E-state index is -0.567. The molecule has 1 aliphatic heterocycles. The average molecular weight is 384 g/mol. The number of amides is 2. The highest BCUT2D eigenvalue weighted by molar-refractivity contribution is 5.94. The third-order valence-corrected chi connectivity index (χ3v) is 5.42. The summed E-state index contributed by atoms with van der Waals surface area (Å²) in [6.45, 7) is 1.89. The number of halogens is 1. The van der Waals surface area contributed by atoms with Crippen LogP contribution in [0.5, 0.6) is 0 Å². The number of aliphatic hydroxyl groups is 1. The molecule has 2 aromatic rings. The van der Waals surface area contributed by atoms with Gasteiger partial charge in [0.2, 0.25) is 5.91 Å². The smallest absolute Gasteiger partial charge is 0.256 e. The molecule has 1 fully saturated rings. The SMILES string of the molecule is CCC(=O)N1[C@H](CN(C)C(=O)c2ccccc2F)[C@@H](c2ccccc2)[C@@H]1CO. The Bertz CT molecular complexity index is 843. The van der Waals surface area contributed by atoms with Crippen LogP contribution in [0.1, 0.15) is 35.2 Å². The zero-order valence-corrected chi connectivity index (χ0v) is 16.1. The summed E-state index contributed by atoms with van der Waals surface area (Å²) >= 11 is 0. The van der Waals surface area contributed by atoms with Crippen molar-refractivity contribution in [1.29, 1.82) is 0 Å². The van der Waals surface area contributed by atoms with Gasteiger partial charge in [-0.05, 0) is 17.7 Å². The van der Waals surface area contributed by atoms with Crippen molar-refractivity contribution in [3.05, 3.63) is 71.5 Å². The Hall–Kier alpha value is -2.73. The molecule has 0 aromatic heterocycles. The topological polar surface area (TPSA) is 60.9 Å². The van der Waals surface area contributed by atoms with Crippen LogP contribution < -0.4 is 0 Å². The van der Waals surface area contributed by atoms with E-state index in [-0.39, 0.29) is 42.6 Å². The Morgan fingerprint density at radius 2 is 1.71 bits per heavy atom. The molecule has 3 rings (SSSR count). The van der Waals surface area contributed by atoms with Crippen molar-refractivity contribution < 1.29 is 19.1 Å². The predicted octanol–water partition coefficient (Wildman–Crippen LogP) is 2.66. The van der Waals surface area contributed by atoms with E-state index >= 15 is 0 Å². The van der Waals surface area contributed by atoms with E-state index in [2.05, 4.69) is 0 Å². The first-order valence-electron chi connectivity index (χ1n) is 9.46. The van der Waals surface area contributed by atoms with E-state index in [1.807, 2.05) is 30.3 Å². The lowest BCUT2D eigenvalue weighted by molar-refractivity contribution is -0.151. The number of carbonyl (C=O) groups excluding carboxylic acids is 2. The van der Waals surface area contributed by atoms with Gasteiger partial charge in [0.25, 0.3) is 5.91 Å². The number of likely N-dealkylation sites (tertiary alicyclic amines) is 1. The average Bonchev–Trinajstić information content (AvgIpc) is 2.71. The van der Waals surface area contributed by atoms with Crippen LogP contribution in [-0.2, 0) is 4.79 Å². The molecule has 1 N–H and O–H groups in total. The van der Waals surface area contributed by atoms with Gasteiger partial charge < -0.3 is 14.9 Å². The molecule has 1 saturated heterocycles. The van der Waals surface area contributed by atoms with Crippen LogP contribution in [0.15, 0.2) is 54.6 Å². The molecule has 0 radical (unpaired) electrons. The number of hydrogen-bond donors (Lipinski definition) is 1. The van der Waals surface area contributed by atoms with E-state index in [1.165, 1.54) is 23.1 Å². The number of benzene rings is 2. The van der Waals surface area contributed by atoms with E-state index < -0.39 is 11.7 Å². The fraction of sp³-hybridized carbons (Fsp3) is 0.364. The predicted molar refractivity (Wildman–Crippen MR) is 104 cm³/mol. The van der Waals surface area contributed by atoms with Gasteiger partial charge in [0.05, 0.1) is 24.3 Å². The summed E-state index contributed by atoms with van der Waals surface area (Å²) in [5.74, 6) is -1.15. The van der Waals surface area contributed by atoms with Gasteiger partial charge in [-0.25, -0.2) is 4.39 Å². The second-order valence-electron chi connectivity index (χ2n) is 7.07. The van der Waals surface area contributed by atoms with Gasteiger partial charge in [0, 0.05) is 25.9 Å². The quantitative estimate of drug-likeness (QED) is 0.833. The minimum Gasteiger partial charge on any atom is -0.394 e. The van der Waals surface area contributed by atoms with Gasteiger partial charge in [-0.3, -0.25) is 9.59 Å².